The number of thioether (sulfide) groups is 1. The molecule has 0 saturated carbocycles. The van der Waals surface area contributed by atoms with E-state index in [-0.39, 0.29) is 28.8 Å². The molecule has 0 spiro atoms. The molecule has 3 aromatic rings. The maximum Gasteiger partial charge on any atom is 0.289 e. The summed E-state index contributed by atoms with van der Waals surface area (Å²) >= 11 is 1.11. The number of halogens is 1. The van der Waals surface area contributed by atoms with Gasteiger partial charge in [-0.2, -0.15) is 0 Å². The molecule has 1 aliphatic rings. The zero-order valence-electron chi connectivity index (χ0n) is 18.5. The van der Waals surface area contributed by atoms with Crippen molar-refractivity contribution in [1.82, 2.24) is 9.88 Å². The van der Waals surface area contributed by atoms with Crippen molar-refractivity contribution in [2.75, 3.05) is 6.61 Å². The van der Waals surface area contributed by atoms with Gasteiger partial charge in [0.15, 0.2) is 0 Å². The molecule has 2 amide bonds. The molecular formula is C26H27ClN2O3S. The molecule has 0 aliphatic carbocycles. The lowest BCUT2D eigenvalue weighted by Crippen LogP contribution is -2.31. The molecule has 1 fully saturated rings. The van der Waals surface area contributed by atoms with E-state index in [1.165, 1.54) is 10.5 Å². The first-order valence-corrected chi connectivity index (χ1v) is 11.7. The number of amides is 2. The molecule has 7 heteroatoms. The second-order valence-corrected chi connectivity index (χ2v) is 8.89. The molecule has 4 rings (SSSR count). The summed E-state index contributed by atoms with van der Waals surface area (Å²) in [4.78, 5) is 30.9. The summed E-state index contributed by atoms with van der Waals surface area (Å²) in [6.07, 6.45) is 4.17. The van der Waals surface area contributed by atoms with E-state index in [4.69, 9.17) is 4.74 Å². The van der Waals surface area contributed by atoms with E-state index in [1.54, 1.807) is 0 Å². The summed E-state index contributed by atoms with van der Waals surface area (Å²) in [5, 5.41) is -0.556. The van der Waals surface area contributed by atoms with Gasteiger partial charge >= 0.3 is 0 Å². The highest BCUT2D eigenvalue weighted by molar-refractivity contribution is 8.15. The first-order chi connectivity index (χ1) is 15.6. The highest BCUT2D eigenvalue weighted by Crippen LogP contribution is 2.31. The molecule has 33 heavy (non-hydrogen) atoms. The van der Waals surface area contributed by atoms with Crippen molar-refractivity contribution in [3.8, 4) is 5.75 Å². The van der Waals surface area contributed by atoms with Crippen molar-refractivity contribution in [3.05, 3.63) is 95.3 Å². The van der Waals surface area contributed by atoms with E-state index in [0.29, 0.717) is 19.6 Å². The predicted octanol–water partition coefficient (Wildman–Crippen LogP) is 5.49. The van der Waals surface area contributed by atoms with Crippen LogP contribution in [0.3, 0.4) is 0 Å². The molecule has 2 heterocycles. The van der Waals surface area contributed by atoms with Gasteiger partial charge < -0.3 is 4.74 Å². The van der Waals surface area contributed by atoms with Crippen molar-refractivity contribution < 1.29 is 14.3 Å². The maximum atomic E-state index is 12.8. The van der Waals surface area contributed by atoms with Gasteiger partial charge in [-0.3, -0.25) is 19.5 Å². The lowest BCUT2D eigenvalue weighted by atomic mass is 10.1. The number of nitrogens with zero attached hydrogens (tertiary/aromatic N) is 2. The molecule has 1 atom stereocenters. The molecule has 0 radical (unpaired) electrons. The third-order valence-corrected chi connectivity index (χ3v) is 6.53. The number of benzene rings is 2. The third-order valence-electron chi connectivity index (χ3n) is 5.45. The Bertz CT molecular complexity index is 1060. The summed E-state index contributed by atoms with van der Waals surface area (Å²) in [6.45, 7) is 2.99. The Morgan fingerprint density at radius 3 is 2.33 bits per heavy atom. The number of carbonyl (C=O) groups is 2. The van der Waals surface area contributed by atoms with Crippen LogP contribution in [0.4, 0.5) is 4.79 Å². The SMILES string of the molecule is CCc1ccc(CCOc2ccc(CC3SC(=O)N(Cc4ccccc4)C3=O)cc2)nc1.Cl. The Kier molecular flexibility index (Phi) is 8.92. The standard InChI is InChI=1S/C26H26N2O3S.ClH/c1-2-19-8-11-22(27-17-19)14-15-31-23-12-9-20(10-13-23)16-24-25(29)28(26(30)32-24)18-21-6-4-3-5-7-21;/h3-13,17,24H,2,14-16,18H2,1H3;1H. The average molecular weight is 483 g/mol. The quantitative estimate of drug-likeness (QED) is 0.403. The highest BCUT2D eigenvalue weighted by Gasteiger charge is 2.39. The van der Waals surface area contributed by atoms with Crippen LogP contribution in [0.1, 0.15) is 29.3 Å². The molecule has 1 saturated heterocycles. The molecule has 172 valence electrons. The van der Waals surface area contributed by atoms with Crippen LogP contribution in [0.15, 0.2) is 72.9 Å². The number of carbonyl (C=O) groups excluding carboxylic acids is 2. The van der Waals surface area contributed by atoms with Gasteiger partial charge in [0.05, 0.1) is 18.4 Å². The maximum absolute atomic E-state index is 12.8. The van der Waals surface area contributed by atoms with Crippen LogP contribution in [0.25, 0.3) is 0 Å². The number of pyridine rings is 1. The van der Waals surface area contributed by atoms with Gasteiger partial charge in [0.2, 0.25) is 5.91 Å². The van der Waals surface area contributed by atoms with E-state index < -0.39 is 0 Å². The summed E-state index contributed by atoms with van der Waals surface area (Å²) in [7, 11) is 0. The van der Waals surface area contributed by atoms with Crippen molar-refractivity contribution in [2.24, 2.45) is 0 Å². The van der Waals surface area contributed by atoms with Crippen LogP contribution in [0, 0.1) is 0 Å². The van der Waals surface area contributed by atoms with Crippen LogP contribution in [0.2, 0.25) is 0 Å². The van der Waals surface area contributed by atoms with Crippen molar-refractivity contribution in [1.29, 1.82) is 0 Å². The zero-order valence-corrected chi connectivity index (χ0v) is 20.1. The van der Waals surface area contributed by atoms with Gasteiger partial charge in [-0.1, -0.05) is 67.2 Å². The third kappa shape index (κ3) is 6.59. The van der Waals surface area contributed by atoms with Crippen LogP contribution in [-0.2, 0) is 30.6 Å². The fourth-order valence-electron chi connectivity index (χ4n) is 3.56. The molecule has 1 aromatic heterocycles. The largest absolute Gasteiger partial charge is 0.493 e. The fourth-order valence-corrected chi connectivity index (χ4v) is 4.59. The number of imide groups is 1. The van der Waals surface area contributed by atoms with Gasteiger partial charge in [0.1, 0.15) is 5.75 Å². The van der Waals surface area contributed by atoms with E-state index >= 15 is 0 Å². The monoisotopic (exact) mass is 482 g/mol. The summed E-state index contributed by atoms with van der Waals surface area (Å²) in [5.74, 6) is 0.664. The van der Waals surface area contributed by atoms with Crippen molar-refractivity contribution in [3.63, 3.8) is 0 Å². The zero-order chi connectivity index (χ0) is 22.3. The first kappa shape index (κ1) is 24.8. The Hall–Kier alpha value is -2.83. The number of aromatic nitrogens is 1. The molecule has 0 bridgehead atoms. The Morgan fingerprint density at radius 2 is 1.67 bits per heavy atom. The number of ether oxygens (including phenoxy) is 1. The molecular weight excluding hydrogens is 456 g/mol. The van der Waals surface area contributed by atoms with Crippen molar-refractivity contribution in [2.45, 2.75) is 38.0 Å². The van der Waals surface area contributed by atoms with Crippen LogP contribution >= 0.6 is 24.2 Å². The number of aryl methyl sites for hydroxylation is 1. The first-order valence-electron chi connectivity index (χ1n) is 10.8. The van der Waals surface area contributed by atoms with E-state index in [0.717, 1.165) is 47.2 Å². The average Bonchev–Trinajstić information content (AvgIpc) is 3.08. The van der Waals surface area contributed by atoms with Crippen molar-refractivity contribution >= 4 is 35.3 Å². The Morgan fingerprint density at radius 1 is 0.939 bits per heavy atom. The second kappa shape index (κ2) is 11.9. The van der Waals surface area contributed by atoms with Crippen LogP contribution in [0.5, 0.6) is 5.75 Å². The topological polar surface area (TPSA) is 59.5 Å². The lowest BCUT2D eigenvalue weighted by molar-refractivity contribution is -0.127. The highest BCUT2D eigenvalue weighted by atomic mass is 35.5. The van der Waals surface area contributed by atoms with E-state index in [1.807, 2.05) is 66.9 Å². The number of hydrogen-bond acceptors (Lipinski definition) is 5. The molecule has 5 nitrogen and oxygen atoms in total. The second-order valence-electron chi connectivity index (χ2n) is 7.74. The summed E-state index contributed by atoms with van der Waals surface area (Å²) in [5.41, 5.74) is 4.21. The van der Waals surface area contributed by atoms with E-state index in [9.17, 15) is 9.59 Å². The fraction of sp³-hybridized carbons (Fsp3) is 0.269. The number of rotatable bonds is 9. The van der Waals surface area contributed by atoms with Gasteiger partial charge in [-0.15, -0.1) is 12.4 Å². The molecule has 0 N–H and O–H groups in total. The summed E-state index contributed by atoms with van der Waals surface area (Å²) in [6, 6.07) is 21.5. The smallest absolute Gasteiger partial charge is 0.289 e. The lowest BCUT2D eigenvalue weighted by Gasteiger charge is -2.14. The minimum atomic E-state index is -0.379. The Labute approximate surface area is 205 Å². The van der Waals surface area contributed by atoms with Gasteiger partial charge in [-0.25, -0.2) is 0 Å². The molecule has 1 unspecified atom stereocenters. The van der Waals surface area contributed by atoms with Crippen LogP contribution < -0.4 is 4.74 Å². The normalized spacial score (nSPS) is 15.4. The Balaban J connectivity index is 0.00000306. The van der Waals surface area contributed by atoms with Gasteiger partial charge in [-0.05, 0) is 47.7 Å². The minimum absolute atomic E-state index is 0. The predicted molar refractivity (Wildman–Crippen MR) is 134 cm³/mol. The molecule has 2 aromatic carbocycles. The number of hydrogen-bond donors (Lipinski definition) is 0. The van der Waals surface area contributed by atoms with Gasteiger partial charge in [0.25, 0.3) is 5.24 Å². The molecule has 1 aliphatic heterocycles. The van der Waals surface area contributed by atoms with Gasteiger partial charge in [0, 0.05) is 18.3 Å². The van der Waals surface area contributed by atoms with Crippen LogP contribution in [-0.4, -0.2) is 32.9 Å². The minimum Gasteiger partial charge on any atom is -0.493 e. The van der Waals surface area contributed by atoms with E-state index in [2.05, 4.69) is 18.0 Å². The summed E-state index contributed by atoms with van der Waals surface area (Å²) < 4.78 is 5.84.